The minimum Gasteiger partial charge on any atom is -0.383 e. The lowest BCUT2D eigenvalue weighted by molar-refractivity contribution is 0.160. The van der Waals surface area contributed by atoms with Crippen molar-refractivity contribution in [3.63, 3.8) is 0 Å². The standard InChI is InChI=1S/C10H24N2O/c1-4-6-11-7-5-8-12(2)9-10-13-3/h11H,4-10H2,1-3H3. The van der Waals surface area contributed by atoms with Gasteiger partial charge in [0.05, 0.1) is 6.61 Å². The minimum absolute atomic E-state index is 0.832. The van der Waals surface area contributed by atoms with Gasteiger partial charge in [0, 0.05) is 13.7 Å². The van der Waals surface area contributed by atoms with Gasteiger partial charge in [0.15, 0.2) is 0 Å². The molecule has 0 aliphatic carbocycles. The average molecular weight is 188 g/mol. The molecule has 0 rings (SSSR count). The van der Waals surface area contributed by atoms with E-state index in [-0.39, 0.29) is 0 Å². The second kappa shape index (κ2) is 9.96. The maximum absolute atomic E-state index is 5.00. The summed E-state index contributed by atoms with van der Waals surface area (Å²) in [6.45, 7) is 7.48. The van der Waals surface area contributed by atoms with Crippen LogP contribution in [0.2, 0.25) is 0 Å². The van der Waals surface area contributed by atoms with Gasteiger partial charge in [-0.1, -0.05) is 6.92 Å². The van der Waals surface area contributed by atoms with Crippen LogP contribution in [0.25, 0.3) is 0 Å². The molecule has 0 aromatic rings. The highest BCUT2D eigenvalue weighted by Gasteiger charge is 1.96. The molecule has 0 aliphatic rings. The van der Waals surface area contributed by atoms with Crippen molar-refractivity contribution in [3.8, 4) is 0 Å². The van der Waals surface area contributed by atoms with E-state index in [1.165, 1.54) is 12.8 Å². The van der Waals surface area contributed by atoms with Gasteiger partial charge < -0.3 is 15.0 Å². The van der Waals surface area contributed by atoms with Gasteiger partial charge in [0.1, 0.15) is 0 Å². The molecule has 3 nitrogen and oxygen atoms in total. The van der Waals surface area contributed by atoms with Gasteiger partial charge in [-0.3, -0.25) is 0 Å². The first-order chi connectivity index (χ1) is 6.31. The molecule has 0 saturated carbocycles. The molecule has 0 saturated heterocycles. The fraction of sp³-hybridized carbons (Fsp3) is 1.00. The molecule has 1 N–H and O–H groups in total. The summed E-state index contributed by atoms with van der Waals surface area (Å²) in [5.41, 5.74) is 0. The molecular weight excluding hydrogens is 164 g/mol. The van der Waals surface area contributed by atoms with Crippen molar-refractivity contribution >= 4 is 0 Å². The summed E-state index contributed by atoms with van der Waals surface area (Å²) in [6.07, 6.45) is 2.44. The Kier molecular flexibility index (Phi) is 9.87. The molecule has 0 aromatic heterocycles. The van der Waals surface area contributed by atoms with Crippen molar-refractivity contribution < 1.29 is 4.74 Å². The lowest BCUT2D eigenvalue weighted by Crippen LogP contribution is -2.27. The Hall–Kier alpha value is -0.120. The first-order valence-electron chi connectivity index (χ1n) is 5.19. The van der Waals surface area contributed by atoms with Gasteiger partial charge in [-0.05, 0) is 39.5 Å². The summed E-state index contributed by atoms with van der Waals surface area (Å²) in [7, 11) is 3.88. The van der Waals surface area contributed by atoms with E-state index in [4.69, 9.17) is 4.74 Å². The van der Waals surface area contributed by atoms with Crippen molar-refractivity contribution in [2.24, 2.45) is 0 Å². The molecule has 0 spiro atoms. The molecule has 0 bridgehead atoms. The molecule has 0 heterocycles. The molecule has 0 atom stereocenters. The fourth-order valence-electron chi connectivity index (χ4n) is 1.13. The third kappa shape index (κ3) is 9.80. The third-order valence-corrected chi connectivity index (χ3v) is 2.00. The minimum atomic E-state index is 0.832. The summed E-state index contributed by atoms with van der Waals surface area (Å²) >= 11 is 0. The Morgan fingerprint density at radius 3 is 2.62 bits per heavy atom. The number of methoxy groups -OCH3 is 1. The SMILES string of the molecule is CCCNCCCN(C)CCOC. The number of nitrogens with zero attached hydrogens (tertiary/aromatic N) is 1. The molecule has 0 radical (unpaired) electrons. The Morgan fingerprint density at radius 2 is 2.00 bits per heavy atom. The maximum atomic E-state index is 5.00. The van der Waals surface area contributed by atoms with Crippen molar-refractivity contribution in [3.05, 3.63) is 0 Å². The zero-order valence-corrected chi connectivity index (χ0v) is 9.31. The first kappa shape index (κ1) is 12.9. The topological polar surface area (TPSA) is 24.5 Å². The van der Waals surface area contributed by atoms with Crippen LogP contribution in [0, 0.1) is 0 Å². The van der Waals surface area contributed by atoms with Gasteiger partial charge in [-0.15, -0.1) is 0 Å². The van der Waals surface area contributed by atoms with Gasteiger partial charge in [0.25, 0.3) is 0 Å². The van der Waals surface area contributed by atoms with Crippen LogP contribution in [-0.4, -0.2) is 51.8 Å². The van der Waals surface area contributed by atoms with Crippen molar-refractivity contribution in [2.75, 3.05) is 46.9 Å². The molecule has 80 valence electrons. The number of hydrogen-bond donors (Lipinski definition) is 1. The molecular formula is C10H24N2O. The van der Waals surface area contributed by atoms with Crippen LogP contribution in [-0.2, 0) is 4.74 Å². The quantitative estimate of drug-likeness (QED) is 0.545. The number of ether oxygens (including phenoxy) is 1. The Balaban J connectivity index is 3.03. The first-order valence-corrected chi connectivity index (χ1v) is 5.19. The highest BCUT2D eigenvalue weighted by atomic mass is 16.5. The Labute approximate surface area is 82.4 Å². The molecule has 0 amide bonds. The van der Waals surface area contributed by atoms with E-state index >= 15 is 0 Å². The van der Waals surface area contributed by atoms with Gasteiger partial charge >= 0.3 is 0 Å². The van der Waals surface area contributed by atoms with Crippen molar-refractivity contribution in [2.45, 2.75) is 19.8 Å². The van der Waals surface area contributed by atoms with Crippen LogP contribution >= 0.6 is 0 Å². The molecule has 0 fully saturated rings. The van der Waals surface area contributed by atoms with Crippen LogP contribution in [0.15, 0.2) is 0 Å². The maximum Gasteiger partial charge on any atom is 0.0589 e. The lowest BCUT2D eigenvalue weighted by atomic mass is 10.3. The van der Waals surface area contributed by atoms with Crippen LogP contribution in [0.4, 0.5) is 0 Å². The molecule has 0 unspecified atom stereocenters. The van der Waals surface area contributed by atoms with Crippen molar-refractivity contribution in [1.29, 1.82) is 0 Å². The average Bonchev–Trinajstić information content (AvgIpc) is 2.14. The van der Waals surface area contributed by atoms with Crippen LogP contribution in [0.1, 0.15) is 19.8 Å². The molecule has 3 heteroatoms. The van der Waals surface area contributed by atoms with Gasteiger partial charge in [-0.2, -0.15) is 0 Å². The monoisotopic (exact) mass is 188 g/mol. The Morgan fingerprint density at radius 1 is 1.23 bits per heavy atom. The Bertz CT molecular complexity index is 98.9. The van der Waals surface area contributed by atoms with Crippen LogP contribution in [0.5, 0.6) is 0 Å². The largest absolute Gasteiger partial charge is 0.383 e. The van der Waals surface area contributed by atoms with E-state index in [2.05, 4.69) is 24.2 Å². The van der Waals surface area contributed by atoms with E-state index in [1.54, 1.807) is 7.11 Å². The summed E-state index contributed by atoms with van der Waals surface area (Å²) in [5, 5.41) is 3.39. The van der Waals surface area contributed by atoms with E-state index in [9.17, 15) is 0 Å². The van der Waals surface area contributed by atoms with Crippen LogP contribution in [0.3, 0.4) is 0 Å². The molecule has 0 aromatic carbocycles. The second-order valence-corrected chi connectivity index (χ2v) is 3.40. The van der Waals surface area contributed by atoms with Crippen LogP contribution < -0.4 is 5.32 Å². The summed E-state index contributed by atoms with van der Waals surface area (Å²) in [6, 6.07) is 0. The number of rotatable bonds is 9. The number of nitrogens with one attached hydrogen (secondary N) is 1. The number of likely N-dealkylation sites (N-methyl/N-ethyl adjacent to an activating group) is 1. The van der Waals surface area contributed by atoms with E-state index in [0.717, 1.165) is 32.8 Å². The highest BCUT2D eigenvalue weighted by Crippen LogP contribution is 1.86. The van der Waals surface area contributed by atoms with Crippen molar-refractivity contribution in [1.82, 2.24) is 10.2 Å². The summed E-state index contributed by atoms with van der Waals surface area (Å²) in [4.78, 5) is 2.30. The predicted molar refractivity (Wildman–Crippen MR) is 57.2 cm³/mol. The van der Waals surface area contributed by atoms with E-state index in [1.807, 2.05) is 0 Å². The molecule has 13 heavy (non-hydrogen) atoms. The zero-order chi connectivity index (χ0) is 9.94. The number of hydrogen-bond acceptors (Lipinski definition) is 3. The summed E-state index contributed by atoms with van der Waals surface area (Å²) < 4.78 is 5.00. The smallest absolute Gasteiger partial charge is 0.0589 e. The third-order valence-electron chi connectivity index (χ3n) is 2.00. The highest BCUT2D eigenvalue weighted by molar-refractivity contribution is 4.53. The second-order valence-electron chi connectivity index (χ2n) is 3.40. The predicted octanol–water partition coefficient (Wildman–Crippen LogP) is 0.954. The van der Waals surface area contributed by atoms with Gasteiger partial charge in [0.2, 0.25) is 0 Å². The molecule has 0 aliphatic heterocycles. The fourth-order valence-corrected chi connectivity index (χ4v) is 1.13. The van der Waals surface area contributed by atoms with E-state index in [0.29, 0.717) is 0 Å². The van der Waals surface area contributed by atoms with Gasteiger partial charge in [-0.25, -0.2) is 0 Å². The normalized spacial score (nSPS) is 11.1. The summed E-state index contributed by atoms with van der Waals surface area (Å²) in [5.74, 6) is 0. The lowest BCUT2D eigenvalue weighted by Gasteiger charge is -2.15. The van der Waals surface area contributed by atoms with E-state index < -0.39 is 0 Å². The zero-order valence-electron chi connectivity index (χ0n) is 9.31.